The predicted molar refractivity (Wildman–Crippen MR) is 117 cm³/mol. The summed E-state index contributed by atoms with van der Waals surface area (Å²) in [5.41, 5.74) is 5.25. The molecular weight excluding hydrogens is 352 g/mol. The second kappa shape index (κ2) is 11.6. The summed E-state index contributed by atoms with van der Waals surface area (Å²) in [5.74, 6) is 0.797. The maximum Gasteiger partial charge on any atom is 0.339 e. The third-order valence-corrected chi connectivity index (χ3v) is 4.28. The number of benzene rings is 2. The average molecular weight is 383 g/mol. The fourth-order valence-corrected chi connectivity index (χ4v) is 2.65. The fraction of sp³-hybridized carbons (Fsp3) is 0.364. The molecule has 0 heterocycles. The van der Waals surface area contributed by atoms with Crippen molar-refractivity contribution in [1.82, 2.24) is 5.43 Å². The molecule has 2 aromatic carbocycles. The minimum Gasteiger partial charge on any atom is -0.494 e. The maximum atomic E-state index is 11.9. The number of amides is 2. The van der Waals surface area contributed by atoms with E-state index in [0.29, 0.717) is 12.3 Å². The van der Waals surface area contributed by atoms with Crippen LogP contribution in [0.2, 0.25) is 0 Å². The summed E-state index contributed by atoms with van der Waals surface area (Å²) < 4.78 is 5.60. The van der Waals surface area contributed by atoms with Crippen molar-refractivity contribution in [2.75, 3.05) is 29.9 Å². The molecule has 0 spiro atoms. The monoisotopic (exact) mass is 382 g/mol. The van der Waals surface area contributed by atoms with E-state index in [2.05, 4.69) is 53.6 Å². The number of ether oxygens (including phenoxy) is 1. The van der Waals surface area contributed by atoms with Gasteiger partial charge in [0, 0.05) is 24.5 Å². The molecule has 0 aromatic heterocycles. The molecule has 28 heavy (non-hydrogen) atoms. The number of hydrogen-bond donors (Lipinski definition) is 2. The first-order valence-electron chi connectivity index (χ1n) is 9.84. The summed E-state index contributed by atoms with van der Waals surface area (Å²) in [6.07, 6.45) is 3.75. The average Bonchev–Trinajstić information content (AvgIpc) is 2.71. The van der Waals surface area contributed by atoms with Crippen molar-refractivity contribution in [1.29, 1.82) is 0 Å². The lowest BCUT2D eigenvalue weighted by Gasteiger charge is -2.20. The lowest BCUT2D eigenvalue weighted by atomic mass is 10.2. The van der Waals surface area contributed by atoms with E-state index in [4.69, 9.17) is 4.74 Å². The molecule has 2 N–H and O–H groups in total. The van der Waals surface area contributed by atoms with E-state index in [1.807, 2.05) is 24.3 Å². The highest BCUT2D eigenvalue weighted by molar-refractivity contribution is 5.90. The lowest BCUT2D eigenvalue weighted by molar-refractivity contribution is 0.252. The standard InChI is InChI=1S/C22H30N4O2/c1-4-7-16-28-21-14-10-19(11-15-21)24-22(27)25-23-17-18-8-12-20(13-9-18)26(5-2)6-3/h8-15,17H,4-7,16H2,1-3H3,(H2,24,25,27). The third kappa shape index (κ3) is 6.95. The Balaban J connectivity index is 1.80. The third-order valence-electron chi connectivity index (χ3n) is 4.28. The molecule has 6 heteroatoms. The maximum absolute atomic E-state index is 11.9. The van der Waals surface area contributed by atoms with Crippen molar-refractivity contribution >= 4 is 23.6 Å². The van der Waals surface area contributed by atoms with Crippen molar-refractivity contribution in [3.8, 4) is 5.75 Å². The minimum atomic E-state index is -0.393. The Morgan fingerprint density at radius 3 is 2.32 bits per heavy atom. The van der Waals surface area contributed by atoms with Crippen molar-refractivity contribution in [2.45, 2.75) is 33.6 Å². The Labute approximate surface area is 167 Å². The number of urea groups is 1. The Hall–Kier alpha value is -3.02. The molecular formula is C22H30N4O2. The van der Waals surface area contributed by atoms with Gasteiger partial charge >= 0.3 is 6.03 Å². The predicted octanol–water partition coefficient (Wildman–Crippen LogP) is 4.87. The van der Waals surface area contributed by atoms with Crippen molar-refractivity contribution < 1.29 is 9.53 Å². The molecule has 0 saturated carbocycles. The molecule has 6 nitrogen and oxygen atoms in total. The van der Waals surface area contributed by atoms with Crippen LogP contribution >= 0.6 is 0 Å². The first kappa shape index (κ1) is 21.3. The molecule has 0 bridgehead atoms. The van der Waals surface area contributed by atoms with Crippen LogP contribution in [0.25, 0.3) is 0 Å². The number of unbranched alkanes of at least 4 members (excludes halogenated alkanes) is 1. The molecule has 0 unspecified atom stereocenters. The van der Waals surface area contributed by atoms with Gasteiger partial charge in [-0.05, 0) is 62.2 Å². The molecule has 0 fully saturated rings. The summed E-state index contributed by atoms with van der Waals surface area (Å²) in [4.78, 5) is 14.2. The molecule has 0 aliphatic heterocycles. The van der Waals surface area contributed by atoms with Crippen LogP contribution in [0.15, 0.2) is 53.6 Å². The van der Waals surface area contributed by atoms with Crippen LogP contribution in [0, 0.1) is 0 Å². The minimum absolute atomic E-state index is 0.393. The van der Waals surface area contributed by atoms with Gasteiger partial charge < -0.3 is 15.0 Å². The van der Waals surface area contributed by atoms with Gasteiger partial charge in [-0.1, -0.05) is 25.5 Å². The van der Waals surface area contributed by atoms with Crippen LogP contribution in [0.3, 0.4) is 0 Å². The molecule has 0 aliphatic rings. The molecule has 0 saturated heterocycles. The van der Waals surface area contributed by atoms with E-state index in [9.17, 15) is 4.79 Å². The number of hydrazone groups is 1. The first-order valence-corrected chi connectivity index (χ1v) is 9.84. The molecule has 0 radical (unpaired) electrons. The summed E-state index contributed by atoms with van der Waals surface area (Å²) in [6, 6.07) is 15.0. The van der Waals surface area contributed by atoms with Gasteiger partial charge in [0.25, 0.3) is 0 Å². The molecule has 0 atom stereocenters. The zero-order valence-electron chi connectivity index (χ0n) is 16.9. The number of anilines is 2. The highest BCUT2D eigenvalue weighted by Crippen LogP contribution is 2.16. The van der Waals surface area contributed by atoms with Gasteiger partial charge in [-0.25, -0.2) is 10.2 Å². The summed E-state index contributed by atoms with van der Waals surface area (Å²) in [6.45, 7) is 9.03. The van der Waals surface area contributed by atoms with Crippen LogP contribution in [-0.2, 0) is 0 Å². The molecule has 0 aliphatic carbocycles. The largest absolute Gasteiger partial charge is 0.494 e. The number of carbonyl (C=O) groups is 1. The topological polar surface area (TPSA) is 66.0 Å². The highest BCUT2D eigenvalue weighted by Gasteiger charge is 2.02. The van der Waals surface area contributed by atoms with Gasteiger partial charge in [0.1, 0.15) is 5.75 Å². The van der Waals surface area contributed by atoms with Gasteiger partial charge in [-0.3, -0.25) is 0 Å². The molecule has 2 amide bonds. The van der Waals surface area contributed by atoms with E-state index in [1.54, 1.807) is 18.3 Å². The Bertz CT molecular complexity index is 738. The van der Waals surface area contributed by atoms with Crippen LogP contribution in [0.1, 0.15) is 39.2 Å². The van der Waals surface area contributed by atoms with Crippen LogP contribution in [0.5, 0.6) is 5.75 Å². The Kier molecular flexibility index (Phi) is 8.85. The normalized spacial score (nSPS) is 10.7. The second-order valence-corrected chi connectivity index (χ2v) is 6.31. The Morgan fingerprint density at radius 2 is 1.71 bits per heavy atom. The van der Waals surface area contributed by atoms with Crippen molar-refractivity contribution in [3.63, 3.8) is 0 Å². The van der Waals surface area contributed by atoms with E-state index in [1.165, 1.54) is 5.69 Å². The van der Waals surface area contributed by atoms with Gasteiger partial charge in [-0.2, -0.15) is 5.10 Å². The summed E-state index contributed by atoms with van der Waals surface area (Å²) in [5, 5.41) is 6.73. The van der Waals surface area contributed by atoms with Crippen LogP contribution in [0.4, 0.5) is 16.2 Å². The van der Waals surface area contributed by atoms with Crippen LogP contribution < -0.4 is 20.4 Å². The number of rotatable bonds is 10. The van der Waals surface area contributed by atoms with E-state index in [-0.39, 0.29) is 0 Å². The van der Waals surface area contributed by atoms with E-state index in [0.717, 1.165) is 37.2 Å². The Morgan fingerprint density at radius 1 is 1.04 bits per heavy atom. The molecule has 150 valence electrons. The fourth-order valence-electron chi connectivity index (χ4n) is 2.65. The highest BCUT2D eigenvalue weighted by atomic mass is 16.5. The lowest BCUT2D eigenvalue weighted by Crippen LogP contribution is -2.24. The SMILES string of the molecule is CCCCOc1ccc(NC(=O)NN=Cc2ccc(N(CC)CC)cc2)cc1. The van der Waals surface area contributed by atoms with Crippen LogP contribution in [-0.4, -0.2) is 31.9 Å². The van der Waals surface area contributed by atoms with Crippen molar-refractivity contribution in [3.05, 3.63) is 54.1 Å². The number of hydrogen-bond acceptors (Lipinski definition) is 4. The molecule has 2 rings (SSSR count). The van der Waals surface area contributed by atoms with E-state index < -0.39 is 6.03 Å². The summed E-state index contributed by atoms with van der Waals surface area (Å²) in [7, 11) is 0. The smallest absolute Gasteiger partial charge is 0.339 e. The van der Waals surface area contributed by atoms with Gasteiger partial charge in [0.15, 0.2) is 0 Å². The van der Waals surface area contributed by atoms with Gasteiger partial charge in [0.2, 0.25) is 0 Å². The number of nitrogens with zero attached hydrogens (tertiary/aromatic N) is 2. The van der Waals surface area contributed by atoms with E-state index >= 15 is 0 Å². The number of carbonyl (C=O) groups excluding carboxylic acids is 1. The molecule has 2 aromatic rings. The number of nitrogens with one attached hydrogen (secondary N) is 2. The van der Waals surface area contributed by atoms with Crippen molar-refractivity contribution in [2.24, 2.45) is 5.10 Å². The van der Waals surface area contributed by atoms with Gasteiger partial charge in [0.05, 0.1) is 12.8 Å². The summed E-state index contributed by atoms with van der Waals surface area (Å²) >= 11 is 0. The first-order chi connectivity index (χ1) is 13.7. The quantitative estimate of drug-likeness (QED) is 0.350. The zero-order chi connectivity index (χ0) is 20.2. The zero-order valence-corrected chi connectivity index (χ0v) is 16.9. The second-order valence-electron chi connectivity index (χ2n) is 6.31. The van der Waals surface area contributed by atoms with Gasteiger partial charge in [-0.15, -0.1) is 0 Å².